The minimum absolute atomic E-state index is 0.0119. The molecule has 0 aromatic heterocycles. The maximum Gasteiger partial charge on any atom is 0.167 e. The van der Waals surface area contributed by atoms with Crippen LogP contribution in [0.15, 0.2) is 54.6 Å². The van der Waals surface area contributed by atoms with Gasteiger partial charge in [0.05, 0.1) is 0 Å². The van der Waals surface area contributed by atoms with E-state index in [4.69, 9.17) is 4.74 Å². The van der Waals surface area contributed by atoms with Crippen molar-refractivity contribution in [3.8, 4) is 11.5 Å². The quantitative estimate of drug-likeness (QED) is 0.594. The number of carbonyl (C=O) groups excluding carboxylic acids is 1. The first-order chi connectivity index (χ1) is 13.8. The van der Waals surface area contributed by atoms with Crippen LogP contribution in [0.5, 0.6) is 11.5 Å². The second-order valence-corrected chi connectivity index (χ2v) is 7.47. The van der Waals surface area contributed by atoms with Crippen LogP contribution in [-0.2, 0) is 17.6 Å². The Morgan fingerprint density at radius 3 is 2.17 bits per heavy atom. The van der Waals surface area contributed by atoms with Crippen LogP contribution >= 0.6 is 0 Å². The van der Waals surface area contributed by atoms with Crippen LogP contribution in [0.4, 0.5) is 4.39 Å². The molecule has 4 heteroatoms. The molecule has 0 amide bonds. The molecule has 3 aromatic carbocycles. The number of hydrogen-bond donors (Lipinski definition) is 1. The Balaban J connectivity index is 1.81. The van der Waals surface area contributed by atoms with Gasteiger partial charge in [-0.05, 0) is 90.9 Å². The summed E-state index contributed by atoms with van der Waals surface area (Å²) in [6, 6.07) is 15.8. The third kappa shape index (κ3) is 5.44. The number of aryl methyl sites for hydroxylation is 2. The third-order valence-corrected chi connectivity index (χ3v) is 4.94. The average Bonchev–Trinajstić information content (AvgIpc) is 2.67. The van der Waals surface area contributed by atoms with Gasteiger partial charge in [0, 0.05) is 6.42 Å². The van der Waals surface area contributed by atoms with Crippen LogP contribution < -0.4 is 4.74 Å². The second kappa shape index (κ2) is 8.91. The summed E-state index contributed by atoms with van der Waals surface area (Å²) in [7, 11) is 0. The molecule has 3 aromatic rings. The Morgan fingerprint density at radius 1 is 0.931 bits per heavy atom. The molecule has 3 nitrogen and oxygen atoms in total. The van der Waals surface area contributed by atoms with E-state index in [1.807, 2.05) is 38.1 Å². The van der Waals surface area contributed by atoms with Crippen LogP contribution in [0.25, 0.3) is 0 Å². The Morgan fingerprint density at radius 2 is 1.55 bits per heavy atom. The zero-order chi connectivity index (χ0) is 21.0. The zero-order valence-electron chi connectivity index (χ0n) is 17.0. The molecule has 0 radical (unpaired) electrons. The molecular weight excluding hydrogens is 367 g/mol. The van der Waals surface area contributed by atoms with Gasteiger partial charge in [-0.25, -0.2) is 4.39 Å². The molecule has 0 spiro atoms. The predicted molar refractivity (Wildman–Crippen MR) is 112 cm³/mol. The van der Waals surface area contributed by atoms with E-state index in [-0.39, 0.29) is 24.0 Å². The molecule has 1 N–H and O–H groups in total. The van der Waals surface area contributed by atoms with Gasteiger partial charge >= 0.3 is 0 Å². The van der Waals surface area contributed by atoms with Gasteiger partial charge in [0.25, 0.3) is 0 Å². The van der Waals surface area contributed by atoms with Gasteiger partial charge in [0.15, 0.2) is 5.78 Å². The van der Waals surface area contributed by atoms with Crippen molar-refractivity contribution < 1.29 is 19.0 Å². The first-order valence-corrected chi connectivity index (χ1v) is 9.59. The smallest absolute Gasteiger partial charge is 0.167 e. The van der Waals surface area contributed by atoms with Gasteiger partial charge in [-0.3, -0.25) is 4.79 Å². The van der Waals surface area contributed by atoms with E-state index < -0.39 is 0 Å². The number of ether oxygens (including phenoxy) is 1. The molecule has 0 fully saturated rings. The normalized spacial score (nSPS) is 10.8. The number of halogens is 1. The molecule has 150 valence electrons. The van der Waals surface area contributed by atoms with Crippen LogP contribution in [0.3, 0.4) is 0 Å². The van der Waals surface area contributed by atoms with Gasteiger partial charge in [-0.2, -0.15) is 0 Å². The minimum atomic E-state index is -0.270. The zero-order valence-corrected chi connectivity index (χ0v) is 17.0. The largest absolute Gasteiger partial charge is 0.508 e. The fraction of sp³-hybridized carbons (Fsp3) is 0.240. The van der Waals surface area contributed by atoms with Crippen molar-refractivity contribution >= 4 is 5.78 Å². The monoisotopic (exact) mass is 392 g/mol. The summed E-state index contributed by atoms with van der Waals surface area (Å²) in [5.41, 5.74) is 6.22. The first-order valence-electron chi connectivity index (χ1n) is 9.59. The third-order valence-electron chi connectivity index (χ3n) is 4.94. The van der Waals surface area contributed by atoms with Crippen molar-refractivity contribution in [2.45, 2.75) is 33.6 Å². The minimum Gasteiger partial charge on any atom is -0.508 e. The summed E-state index contributed by atoms with van der Waals surface area (Å²) in [4.78, 5) is 11.1. The van der Waals surface area contributed by atoms with E-state index in [0.717, 1.165) is 34.2 Å². The second-order valence-electron chi connectivity index (χ2n) is 7.47. The number of Topliss-reactive ketones (excluding diaryl/α,β-unsaturated/α-hetero) is 1. The van der Waals surface area contributed by atoms with E-state index in [1.54, 1.807) is 18.2 Å². The van der Waals surface area contributed by atoms with Crippen molar-refractivity contribution in [2.75, 3.05) is 6.61 Å². The lowest BCUT2D eigenvalue weighted by Crippen LogP contribution is -2.07. The molecule has 0 atom stereocenters. The molecule has 0 aliphatic carbocycles. The molecule has 29 heavy (non-hydrogen) atoms. The highest BCUT2D eigenvalue weighted by molar-refractivity contribution is 5.77. The Hall–Kier alpha value is -3.14. The van der Waals surface area contributed by atoms with Crippen molar-refractivity contribution in [2.24, 2.45) is 0 Å². The van der Waals surface area contributed by atoms with Crippen molar-refractivity contribution in [3.05, 3.63) is 93.8 Å². The predicted octanol–water partition coefficient (Wildman–Crippen LogP) is 5.30. The maximum atomic E-state index is 13.1. The number of rotatable bonds is 7. The molecule has 3 rings (SSSR count). The van der Waals surface area contributed by atoms with Crippen molar-refractivity contribution in [1.82, 2.24) is 0 Å². The van der Waals surface area contributed by atoms with E-state index >= 15 is 0 Å². The molecule has 0 unspecified atom stereocenters. The van der Waals surface area contributed by atoms with Gasteiger partial charge in [0.1, 0.15) is 23.9 Å². The standard InChI is InChI=1S/C25H25FO3/c1-16-10-23(29-15-18(3)27)11-17(2)24(16)14-20-6-9-25(28)21(13-20)12-19-4-7-22(26)8-5-19/h4-11,13,28H,12,14-15H2,1-3H3. The highest BCUT2D eigenvalue weighted by atomic mass is 19.1. The van der Waals surface area contributed by atoms with E-state index in [1.165, 1.54) is 24.6 Å². The molecular formula is C25H25FO3. The number of hydrogen-bond acceptors (Lipinski definition) is 3. The van der Waals surface area contributed by atoms with Crippen LogP contribution in [0.1, 0.15) is 40.3 Å². The summed E-state index contributed by atoms with van der Waals surface area (Å²) >= 11 is 0. The molecule has 0 aliphatic heterocycles. The number of aromatic hydroxyl groups is 1. The van der Waals surface area contributed by atoms with Crippen molar-refractivity contribution in [3.63, 3.8) is 0 Å². The van der Waals surface area contributed by atoms with E-state index in [2.05, 4.69) is 0 Å². The fourth-order valence-electron chi connectivity index (χ4n) is 3.42. The summed E-state index contributed by atoms with van der Waals surface area (Å²) in [5.74, 6) is 0.650. The topological polar surface area (TPSA) is 46.5 Å². The Kier molecular flexibility index (Phi) is 6.32. The maximum absolute atomic E-state index is 13.1. The number of benzene rings is 3. The lowest BCUT2D eigenvalue weighted by Gasteiger charge is -2.14. The molecule has 0 saturated carbocycles. The van der Waals surface area contributed by atoms with Crippen LogP contribution in [0.2, 0.25) is 0 Å². The molecule has 0 saturated heterocycles. The summed E-state index contributed by atoms with van der Waals surface area (Å²) in [6.07, 6.45) is 1.26. The highest BCUT2D eigenvalue weighted by Gasteiger charge is 2.10. The molecule has 0 aliphatic rings. The SMILES string of the molecule is CC(=O)COc1cc(C)c(Cc2ccc(O)c(Cc3ccc(F)cc3)c2)c(C)c1. The first kappa shape index (κ1) is 20.6. The van der Waals surface area contributed by atoms with Gasteiger partial charge in [-0.15, -0.1) is 0 Å². The van der Waals surface area contributed by atoms with Gasteiger partial charge in [0.2, 0.25) is 0 Å². The van der Waals surface area contributed by atoms with Gasteiger partial charge in [-0.1, -0.05) is 24.3 Å². The summed E-state index contributed by atoms with van der Waals surface area (Å²) in [6.45, 7) is 5.64. The number of phenolic OH excluding ortho intramolecular Hbond substituents is 1. The van der Waals surface area contributed by atoms with E-state index in [0.29, 0.717) is 12.2 Å². The average molecular weight is 392 g/mol. The Labute approximate surface area is 170 Å². The van der Waals surface area contributed by atoms with Crippen molar-refractivity contribution in [1.29, 1.82) is 0 Å². The lowest BCUT2D eigenvalue weighted by atomic mass is 9.93. The Bertz CT molecular complexity index is 1000. The number of ketones is 1. The molecule has 0 heterocycles. The summed E-state index contributed by atoms with van der Waals surface area (Å²) in [5, 5.41) is 10.2. The number of carbonyl (C=O) groups is 1. The van der Waals surface area contributed by atoms with Crippen LogP contribution in [0, 0.1) is 19.7 Å². The lowest BCUT2D eigenvalue weighted by molar-refractivity contribution is -0.118. The number of phenols is 1. The highest BCUT2D eigenvalue weighted by Crippen LogP contribution is 2.27. The fourth-order valence-corrected chi connectivity index (χ4v) is 3.42. The van der Waals surface area contributed by atoms with Crippen LogP contribution in [-0.4, -0.2) is 17.5 Å². The van der Waals surface area contributed by atoms with Gasteiger partial charge < -0.3 is 9.84 Å². The van der Waals surface area contributed by atoms with E-state index in [9.17, 15) is 14.3 Å². The summed E-state index contributed by atoms with van der Waals surface area (Å²) < 4.78 is 18.7. The molecule has 0 bridgehead atoms.